The van der Waals surface area contributed by atoms with E-state index < -0.39 is 0 Å². The molecule has 22 heavy (non-hydrogen) atoms. The molecule has 2 heterocycles. The monoisotopic (exact) mass is 348 g/mol. The third-order valence-electron chi connectivity index (χ3n) is 3.10. The van der Waals surface area contributed by atoms with Crippen molar-refractivity contribution in [1.82, 2.24) is 5.32 Å². The molecule has 0 bridgehead atoms. The first-order valence-electron chi connectivity index (χ1n) is 6.61. The largest absolute Gasteiger partial charge is 0.326 e. The molecule has 0 aliphatic carbocycles. The molecule has 112 valence electrons. The Morgan fingerprint density at radius 2 is 1.95 bits per heavy atom. The fourth-order valence-electron chi connectivity index (χ4n) is 2.07. The van der Waals surface area contributed by atoms with E-state index in [1.807, 2.05) is 46.5 Å². The number of anilines is 1. The molecular weight excluding hydrogens is 336 g/mol. The van der Waals surface area contributed by atoms with E-state index in [-0.39, 0.29) is 12.1 Å². The maximum atomic E-state index is 12.3. The van der Waals surface area contributed by atoms with Gasteiger partial charge < -0.3 is 10.6 Å². The summed E-state index contributed by atoms with van der Waals surface area (Å²) in [4.78, 5) is 13.4. The van der Waals surface area contributed by atoms with E-state index in [4.69, 9.17) is 11.6 Å². The number of para-hydroxylation sites is 1. The molecule has 0 saturated heterocycles. The standard InChI is InChI=1S/C16H13ClN2OS2/c17-12-4-1-2-5-13(12)18-16(20)19-15(11-7-9-21-10-11)14-6-3-8-22-14/h1-10,15H,(H2,18,19,20)/t15-/m0/s1. The average molecular weight is 349 g/mol. The summed E-state index contributed by atoms with van der Waals surface area (Å²) in [5.41, 5.74) is 1.67. The number of hydrogen-bond acceptors (Lipinski definition) is 3. The van der Waals surface area contributed by atoms with E-state index in [1.54, 1.807) is 34.8 Å². The number of rotatable bonds is 4. The van der Waals surface area contributed by atoms with Crippen molar-refractivity contribution in [1.29, 1.82) is 0 Å². The summed E-state index contributed by atoms with van der Waals surface area (Å²) >= 11 is 9.29. The minimum atomic E-state index is -0.280. The molecule has 2 aromatic heterocycles. The van der Waals surface area contributed by atoms with Gasteiger partial charge in [0.25, 0.3) is 0 Å². The second-order valence-electron chi connectivity index (χ2n) is 4.58. The summed E-state index contributed by atoms with van der Waals surface area (Å²) in [6.07, 6.45) is 0. The number of benzene rings is 1. The number of carbonyl (C=O) groups is 1. The first kappa shape index (κ1) is 15.1. The van der Waals surface area contributed by atoms with Crippen LogP contribution in [-0.4, -0.2) is 6.03 Å². The number of halogens is 1. The van der Waals surface area contributed by atoms with E-state index >= 15 is 0 Å². The van der Waals surface area contributed by atoms with Crippen LogP contribution >= 0.6 is 34.3 Å². The molecule has 1 aromatic carbocycles. The van der Waals surface area contributed by atoms with Crippen LogP contribution in [0.25, 0.3) is 0 Å². The molecule has 0 saturated carbocycles. The van der Waals surface area contributed by atoms with Gasteiger partial charge in [-0.05, 0) is 46.0 Å². The van der Waals surface area contributed by atoms with Gasteiger partial charge in [0.15, 0.2) is 0 Å². The zero-order valence-electron chi connectivity index (χ0n) is 11.5. The molecule has 0 radical (unpaired) electrons. The Morgan fingerprint density at radius 1 is 1.09 bits per heavy atom. The van der Waals surface area contributed by atoms with Crippen molar-refractivity contribution in [2.24, 2.45) is 0 Å². The lowest BCUT2D eigenvalue weighted by molar-refractivity contribution is 0.250. The Morgan fingerprint density at radius 3 is 2.64 bits per heavy atom. The molecule has 6 heteroatoms. The molecule has 2 N–H and O–H groups in total. The second kappa shape index (κ2) is 6.96. The van der Waals surface area contributed by atoms with Crippen LogP contribution in [0.3, 0.4) is 0 Å². The highest BCUT2D eigenvalue weighted by Crippen LogP contribution is 2.28. The van der Waals surface area contributed by atoms with Crippen molar-refractivity contribution in [2.75, 3.05) is 5.32 Å². The van der Waals surface area contributed by atoms with E-state index in [2.05, 4.69) is 10.6 Å². The van der Waals surface area contributed by atoms with Gasteiger partial charge in [-0.3, -0.25) is 0 Å². The highest BCUT2D eigenvalue weighted by Gasteiger charge is 2.18. The van der Waals surface area contributed by atoms with Gasteiger partial charge in [0, 0.05) is 4.88 Å². The molecule has 0 fully saturated rings. The van der Waals surface area contributed by atoms with Crippen molar-refractivity contribution in [3.8, 4) is 0 Å². The van der Waals surface area contributed by atoms with Crippen molar-refractivity contribution >= 4 is 46.0 Å². The third-order valence-corrected chi connectivity index (χ3v) is 5.07. The number of thiophene rings is 2. The normalized spacial score (nSPS) is 11.9. The van der Waals surface area contributed by atoms with Gasteiger partial charge in [-0.25, -0.2) is 4.79 Å². The lowest BCUT2D eigenvalue weighted by atomic mass is 10.1. The van der Waals surface area contributed by atoms with E-state index in [9.17, 15) is 4.79 Å². The average Bonchev–Trinajstić information content (AvgIpc) is 3.21. The van der Waals surface area contributed by atoms with Crippen LogP contribution in [-0.2, 0) is 0 Å². The lowest BCUT2D eigenvalue weighted by Crippen LogP contribution is -2.32. The number of amides is 2. The predicted octanol–water partition coefficient (Wildman–Crippen LogP) is 5.37. The van der Waals surface area contributed by atoms with Gasteiger partial charge >= 0.3 is 6.03 Å². The van der Waals surface area contributed by atoms with Crippen LogP contribution in [0.5, 0.6) is 0 Å². The smallest absolute Gasteiger partial charge is 0.320 e. The van der Waals surface area contributed by atoms with E-state index in [0.717, 1.165) is 10.4 Å². The van der Waals surface area contributed by atoms with Crippen LogP contribution in [0.4, 0.5) is 10.5 Å². The predicted molar refractivity (Wildman–Crippen MR) is 94.1 cm³/mol. The van der Waals surface area contributed by atoms with Crippen LogP contribution in [0.2, 0.25) is 5.02 Å². The Bertz CT molecular complexity index is 707. The Balaban J connectivity index is 1.77. The van der Waals surface area contributed by atoms with Crippen molar-refractivity contribution < 1.29 is 4.79 Å². The van der Waals surface area contributed by atoms with Gasteiger partial charge in [-0.2, -0.15) is 11.3 Å². The molecule has 0 aliphatic heterocycles. The first-order valence-corrected chi connectivity index (χ1v) is 8.81. The SMILES string of the molecule is O=C(Nc1ccccc1Cl)N[C@@H](c1ccsc1)c1cccs1. The molecule has 0 aliphatic rings. The molecule has 3 aromatic rings. The summed E-state index contributed by atoms with van der Waals surface area (Å²) in [5.74, 6) is 0. The van der Waals surface area contributed by atoms with Crippen LogP contribution in [0.15, 0.2) is 58.6 Å². The summed E-state index contributed by atoms with van der Waals surface area (Å²) in [6.45, 7) is 0. The molecule has 0 spiro atoms. The molecule has 3 nitrogen and oxygen atoms in total. The highest BCUT2D eigenvalue weighted by atomic mass is 35.5. The summed E-state index contributed by atoms with van der Waals surface area (Å²) in [5, 5.41) is 12.4. The first-order chi connectivity index (χ1) is 10.7. The molecular formula is C16H13ClN2OS2. The maximum absolute atomic E-state index is 12.3. The van der Waals surface area contributed by atoms with E-state index in [0.29, 0.717) is 10.7 Å². The Labute approximate surface area is 141 Å². The fraction of sp³-hybridized carbons (Fsp3) is 0.0625. The highest BCUT2D eigenvalue weighted by molar-refractivity contribution is 7.10. The Hall–Kier alpha value is -1.82. The number of carbonyl (C=O) groups excluding carboxylic acids is 1. The molecule has 3 rings (SSSR count). The third kappa shape index (κ3) is 3.50. The summed E-state index contributed by atoms with van der Waals surface area (Å²) in [6, 6.07) is 12.7. The van der Waals surface area contributed by atoms with Gasteiger partial charge in [-0.15, -0.1) is 11.3 Å². The Kier molecular flexibility index (Phi) is 4.77. The van der Waals surface area contributed by atoms with Crippen molar-refractivity contribution in [2.45, 2.75) is 6.04 Å². The zero-order chi connectivity index (χ0) is 15.4. The molecule has 2 amide bonds. The topological polar surface area (TPSA) is 41.1 Å². The van der Waals surface area contributed by atoms with Gasteiger partial charge in [0.2, 0.25) is 0 Å². The second-order valence-corrected chi connectivity index (χ2v) is 6.75. The van der Waals surface area contributed by atoms with Gasteiger partial charge in [0.05, 0.1) is 16.8 Å². The number of urea groups is 1. The van der Waals surface area contributed by atoms with Crippen LogP contribution in [0, 0.1) is 0 Å². The quantitative estimate of drug-likeness (QED) is 0.653. The molecule has 1 atom stereocenters. The van der Waals surface area contributed by atoms with Crippen LogP contribution in [0.1, 0.15) is 16.5 Å². The zero-order valence-corrected chi connectivity index (χ0v) is 13.8. The van der Waals surface area contributed by atoms with Crippen molar-refractivity contribution in [3.05, 3.63) is 74.1 Å². The van der Waals surface area contributed by atoms with Gasteiger partial charge in [0.1, 0.15) is 0 Å². The number of hydrogen-bond donors (Lipinski definition) is 2. The molecule has 0 unspecified atom stereocenters. The summed E-state index contributed by atoms with van der Waals surface area (Å²) in [7, 11) is 0. The van der Waals surface area contributed by atoms with E-state index in [1.165, 1.54) is 0 Å². The lowest BCUT2D eigenvalue weighted by Gasteiger charge is -2.17. The van der Waals surface area contributed by atoms with Gasteiger partial charge in [-0.1, -0.05) is 29.8 Å². The summed E-state index contributed by atoms with van der Waals surface area (Å²) < 4.78 is 0. The van der Waals surface area contributed by atoms with Crippen molar-refractivity contribution in [3.63, 3.8) is 0 Å². The van der Waals surface area contributed by atoms with Crippen LogP contribution < -0.4 is 10.6 Å². The fourth-order valence-corrected chi connectivity index (χ4v) is 3.74. The number of nitrogens with one attached hydrogen (secondary N) is 2. The minimum absolute atomic E-state index is 0.159. The minimum Gasteiger partial charge on any atom is -0.326 e. The maximum Gasteiger partial charge on any atom is 0.320 e.